The van der Waals surface area contributed by atoms with Crippen molar-refractivity contribution in [3.8, 4) is 0 Å². The number of hydrogen-bond donors (Lipinski definition) is 1. The lowest BCUT2D eigenvalue weighted by Gasteiger charge is -2.42. The number of nitrogens with zero attached hydrogens (tertiary/aromatic N) is 4. The minimum atomic E-state index is -1.58. The van der Waals surface area contributed by atoms with E-state index < -0.39 is 23.3 Å². The van der Waals surface area contributed by atoms with Gasteiger partial charge in [-0.2, -0.15) is 5.10 Å². The van der Waals surface area contributed by atoms with Gasteiger partial charge in [-0.25, -0.2) is 18.4 Å². The highest BCUT2D eigenvalue weighted by molar-refractivity contribution is 5.27. The SMILES string of the molecule is CC1=CCN(C(C)C(O)(Cn2cncn2)c2ccc(F)cc2F)CC1. The molecule has 1 aliphatic rings. The van der Waals surface area contributed by atoms with Gasteiger partial charge >= 0.3 is 0 Å². The van der Waals surface area contributed by atoms with Crippen LogP contribution >= 0.6 is 0 Å². The maximum absolute atomic E-state index is 14.5. The quantitative estimate of drug-likeness (QED) is 0.844. The van der Waals surface area contributed by atoms with E-state index >= 15 is 0 Å². The summed E-state index contributed by atoms with van der Waals surface area (Å²) in [5, 5.41) is 15.5. The van der Waals surface area contributed by atoms with Crippen molar-refractivity contribution >= 4 is 0 Å². The zero-order chi connectivity index (χ0) is 18.0. The number of aromatic nitrogens is 3. The first kappa shape index (κ1) is 17.7. The van der Waals surface area contributed by atoms with E-state index in [1.54, 1.807) is 0 Å². The molecule has 2 atom stereocenters. The Morgan fingerprint density at radius 3 is 2.76 bits per heavy atom. The van der Waals surface area contributed by atoms with Crippen LogP contribution in [0.2, 0.25) is 0 Å². The van der Waals surface area contributed by atoms with Gasteiger partial charge < -0.3 is 5.11 Å². The van der Waals surface area contributed by atoms with Gasteiger partial charge in [-0.15, -0.1) is 0 Å². The summed E-state index contributed by atoms with van der Waals surface area (Å²) in [6, 6.07) is 2.87. The topological polar surface area (TPSA) is 54.2 Å². The average Bonchev–Trinajstić information content (AvgIpc) is 3.07. The zero-order valence-electron chi connectivity index (χ0n) is 14.4. The van der Waals surface area contributed by atoms with E-state index in [2.05, 4.69) is 28.0 Å². The molecule has 0 aliphatic carbocycles. The van der Waals surface area contributed by atoms with Crippen LogP contribution in [0.4, 0.5) is 8.78 Å². The van der Waals surface area contributed by atoms with Crippen molar-refractivity contribution < 1.29 is 13.9 Å². The maximum Gasteiger partial charge on any atom is 0.137 e. The summed E-state index contributed by atoms with van der Waals surface area (Å²) in [7, 11) is 0. The fraction of sp³-hybridized carbons (Fsp3) is 0.444. The molecule has 0 radical (unpaired) electrons. The van der Waals surface area contributed by atoms with Crippen LogP contribution in [-0.4, -0.2) is 43.9 Å². The third-order valence-corrected chi connectivity index (χ3v) is 4.97. The van der Waals surface area contributed by atoms with Crippen LogP contribution in [0.15, 0.2) is 42.5 Å². The van der Waals surface area contributed by atoms with Crippen molar-refractivity contribution in [3.63, 3.8) is 0 Å². The van der Waals surface area contributed by atoms with Crippen LogP contribution in [0.25, 0.3) is 0 Å². The molecule has 0 amide bonds. The standard InChI is InChI=1S/C18H22F2N4O/c1-13-5-7-23(8-6-13)14(2)18(25,10-24-12-21-11-22-24)16-4-3-15(19)9-17(16)20/h3-5,9,11-12,14,25H,6-8,10H2,1-2H3. The second-order valence-corrected chi connectivity index (χ2v) is 6.61. The van der Waals surface area contributed by atoms with E-state index in [0.29, 0.717) is 6.54 Å². The molecule has 5 nitrogen and oxygen atoms in total. The van der Waals surface area contributed by atoms with Crippen molar-refractivity contribution in [1.82, 2.24) is 19.7 Å². The number of aliphatic hydroxyl groups is 1. The lowest BCUT2D eigenvalue weighted by molar-refractivity contribution is -0.0618. The van der Waals surface area contributed by atoms with Gasteiger partial charge in [0.05, 0.1) is 6.54 Å². The first-order valence-electron chi connectivity index (χ1n) is 8.30. The first-order valence-corrected chi connectivity index (χ1v) is 8.30. The zero-order valence-corrected chi connectivity index (χ0v) is 14.4. The molecule has 0 bridgehead atoms. The molecule has 7 heteroatoms. The summed E-state index contributed by atoms with van der Waals surface area (Å²) >= 11 is 0. The Morgan fingerprint density at radius 2 is 2.16 bits per heavy atom. The van der Waals surface area contributed by atoms with Crippen molar-refractivity contribution in [1.29, 1.82) is 0 Å². The van der Waals surface area contributed by atoms with Crippen LogP contribution in [-0.2, 0) is 12.1 Å². The molecule has 0 spiro atoms. The first-order chi connectivity index (χ1) is 11.9. The van der Waals surface area contributed by atoms with Gasteiger partial charge in [0.15, 0.2) is 0 Å². The van der Waals surface area contributed by atoms with E-state index in [-0.39, 0.29) is 12.1 Å². The van der Waals surface area contributed by atoms with Gasteiger partial charge in [0.2, 0.25) is 0 Å². The van der Waals surface area contributed by atoms with Gasteiger partial charge in [0, 0.05) is 30.8 Å². The third kappa shape index (κ3) is 3.62. The van der Waals surface area contributed by atoms with Crippen LogP contribution < -0.4 is 0 Å². The van der Waals surface area contributed by atoms with Crippen LogP contribution in [0, 0.1) is 11.6 Å². The smallest absolute Gasteiger partial charge is 0.137 e. The molecule has 134 valence electrons. The molecule has 0 saturated carbocycles. The lowest BCUT2D eigenvalue weighted by Crippen LogP contribution is -2.53. The highest BCUT2D eigenvalue weighted by Gasteiger charge is 2.42. The molecule has 25 heavy (non-hydrogen) atoms. The average molecular weight is 348 g/mol. The molecule has 0 fully saturated rings. The van der Waals surface area contributed by atoms with Gasteiger partial charge in [0.25, 0.3) is 0 Å². The van der Waals surface area contributed by atoms with Crippen LogP contribution in [0.1, 0.15) is 25.8 Å². The van der Waals surface area contributed by atoms with Crippen molar-refractivity contribution in [3.05, 3.63) is 59.7 Å². The van der Waals surface area contributed by atoms with Crippen molar-refractivity contribution in [2.24, 2.45) is 0 Å². The molecule has 1 aliphatic heterocycles. The lowest BCUT2D eigenvalue weighted by atomic mass is 9.85. The van der Waals surface area contributed by atoms with Crippen molar-refractivity contribution in [2.45, 2.75) is 38.5 Å². The summed E-state index contributed by atoms with van der Waals surface area (Å²) < 4.78 is 29.3. The molecule has 1 N–H and O–H groups in total. The summed E-state index contributed by atoms with van der Waals surface area (Å²) in [5.41, 5.74) is -0.218. The van der Waals surface area contributed by atoms with E-state index in [9.17, 15) is 13.9 Å². The highest BCUT2D eigenvalue weighted by Crippen LogP contribution is 2.33. The molecule has 2 unspecified atom stereocenters. The normalized spacial score (nSPS) is 19.3. The third-order valence-electron chi connectivity index (χ3n) is 4.97. The number of rotatable bonds is 5. The highest BCUT2D eigenvalue weighted by atomic mass is 19.1. The fourth-order valence-electron chi connectivity index (χ4n) is 3.28. The monoisotopic (exact) mass is 348 g/mol. The summed E-state index contributed by atoms with van der Waals surface area (Å²) in [6.07, 6.45) is 5.84. The van der Waals surface area contributed by atoms with Gasteiger partial charge in [-0.1, -0.05) is 17.7 Å². The molecule has 1 aromatic carbocycles. The van der Waals surface area contributed by atoms with Gasteiger partial charge in [0.1, 0.15) is 29.9 Å². The molecular formula is C18H22F2N4O. The minimum Gasteiger partial charge on any atom is -0.381 e. The van der Waals surface area contributed by atoms with E-state index in [1.807, 2.05) is 6.92 Å². The fourth-order valence-corrected chi connectivity index (χ4v) is 3.28. The number of halogens is 2. The minimum absolute atomic E-state index is 0.0237. The molecular weight excluding hydrogens is 326 g/mol. The molecule has 0 saturated heterocycles. The second kappa shape index (κ2) is 7.01. The Bertz CT molecular complexity index is 762. The Labute approximate surface area is 145 Å². The number of benzene rings is 1. The largest absolute Gasteiger partial charge is 0.381 e. The van der Waals surface area contributed by atoms with Crippen LogP contribution in [0.3, 0.4) is 0 Å². The molecule has 3 rings (SSSR count). The van der Waals surface area contributed by atoms with Crippen molar-refractivity contribution in [2.75, 3.05) is 13.1 Å². The van der Waals surface area contributed by atoms with Gasteiger partial charge in [-0.05, 0) is 26.3 Å². The van der Waals surface area contributed by atoms with Crippen LogP contribution in [0.5, 0.6) is 0 Å². The number of hydrogen-bond acceptors (Lipinski definition) is 4. The Kier molecular flexibility index (Phi) is 4.96. The predicted octanol–water partition coefficient (Wildman–Crippen LogP) is 2.48. The predicted molar refractivity (Wildman–Crippen MR) is 89.7 cm³/mol. The molecule has 1 aromatic heterocycles. The Hall–Kier alpha value is -2.12. The van der Waals surface area contributed by atoms with Gasteiger partial charge in [-0.3, -0.25) is 4.90 Å². The van der Waals surface area contributed by atoms with E-state index in [4.69, 9.17) is 0 Å². The second-order valence-electron chi connectivity index (χ2n) is 6.61. The Morgan fingerprint density at radius 1 is 1.36 bits per heavy atom. The van der Waals surface area contributed by atoms with E-state index in [1.165, 1.54) is 29.0 Å². The van der Waals surface area contributed by atoms with E-state index in [0.717, 1.165) is 25.1 Å². The summed E-state index contributed by atoms with van der Waals surface area (Å²) in [4.78, 5) is 5.97. The molecule has 2 aromatic rings. The Balaban J connectivity index is 1.99. The summed E-state index contributed by atoms with van der Waals surface area (Å²) in [6.45, 7) is 5.40. The summed E-state index contributed by atoms with van der Waals surface area (Å²) in [5.74, 6) is -1.44. The molecule has 2 heterocycles. The maximum atomic E-state index is 14.5.